The van der Waals surface area contributed by atoms with Crippen molar-refractivity contribution in [3.8, 4) is 5.75 Å². The van der Waals surface area contributed by atoms with Gasteiger partial charge in [-0.05, 0) is 11.6 Å². The molecule has 3 nitrogen and oxygen atoms in total. The minimum atomic E-state index is -0.0181. The van der Waals surface area contributed by atoms with Crippen LogP contribution in [0, 0.1) is 5.53 Å². The highest BCUT2D eigenvalue weighted by Crippen LogP contribution is 2.33. The van der Waals surface area contributed by atoms with Crippen LogP contribution in [-0.2, 0) is 0 Å². The van der Waals surface area contributed by atoms with Crippen molar-refractivity contribution in [2.24, 2.45) is 5.11 Å². The fourth-order valence-corrected chi connectivity index (χ4v) is 1.12. The largest absolute Gasteiger partial charge is 0.506 e. The number of nitrogens with one attached hydrogen (secondary N) is 1. The Balaban J connectivity index is 3.53. The second-order valence-corrected chi connectivity index (χ2v) is 2.46. The third-order valence-corrected chi connectivity index (χ3v) is 1.77. The molecule has 1 aromatic rings. The highest BCUT2D eigenvalue weighted by molar-refractivity contribution is 5.76. The maximum atomic E-state index is 9.35. The number of phenols is 1. The first kappa shape index (κ1) is 9.19. The van der Waals surface area contributed by atoms with Crippen LogP contribution >= 0.6 is 0 Å². The van der Waals surface area contributed by atoms with Gasteiger partial charge in [0.2, 0.25) is 0 Å². The number of rotatable bonds is 3. The van der Waals surface area contributed by atoms with Crippen molar-refractivity contribution in [2.45, 2.75) is 0 Å². The topological polar surface area (TPSA) is 56.4 Å². The van der Waals surface area contributed by atoms with E-state index < -0.39 is 0 Å². The molecule has 0 heterocycles. The first-order chi connectivity index (χ1) is 6.24. The van der Waals surface area contributed by atoms with Crippen LogP contribution in [0.25, 0.3) is 12.2 Å². The predicted octanol–water partition coefficient (Wildman–Crippen LogP) is 3.34. The molecular weight excluding hydrogens is 164 g/mol. The molecule has 0 amide bonds. The van der Waals surface area contributed by atoms with Crippen LogP contribution in [0.1, 0.15) is 11.1 Å². The molecule has 0 atom stereocenters. The Labute approximate surface area is 76.5 Å². The van der Waals surface area contributed by atoms with Crippen molar-refractivity contribution in [1.82, 2.24) is 0 Å². The zero-order valence-corrected chi connectivity index (χ0v) is 7.12. The molecule has 0 bridgehead atoms. The molecule has 0 spiro atoms. The van der Waals surface area contributed by atoms with E-state index in [1.165, 1.54) is 6.07 Å². The molecule has 2 N–H and O–H groups in total. The minimum absolute atomic E-state index is 0.0181. The zero-order valence-electron chi connectivity index (χ0n) is 7.12. The second-order valence-electron chi connectivity index (χ2n) is 2.46. The van der Waals surface area contributed by atoms with E-state index in [1.54, 1.807) is 18.2 Å². The van der Waals surface area contributed by atoms with E-state index in [4.69, 9.17) is 5.53 Å². The molecule has 0 aromatic heterocycles. The lowest BCUT2D eigenvalue weighted by Gasteiger charge is -2.05. The SMILES string of the molecule is C=Cc1ccc(O)c(N=N)c1C=C. The molecule has 1 aromatic carbocycles. The molecular formula is C10H10N2O. The van der Waals surface area contributed by atoms with Crippen LogP contribution < -0.4 is 0 Å². The summed E-state index contributed by atoms with van der Waals surface area (Å²) in [6.45, 7) is 7.20. The number of hydrogen-bond acceptors (Lipinski definition) is 3. The summed E-state index contributed by atoms with van der Waals surface area (Å²) in [5.74, 6) is -0.0181. The monoisotopic (exact) mass is 174 g/mol. The van der Waals surface area contributed by atoms with Gasteiger partial charge < -0.3 is 5.11 Å². The van der Waals surface area contributed by atoms with Gasteiger partial charge in [-0.25, -0.2) is 5.53 Å². The fraction of sp³-hybridized carbons (Fsp3) is 0. The summed E-state index contributed by atoms with van der Waals surface area (Å²) in [5.41, 5.74) is 8.55. The standard InChI is InChI=1S/C10H10N2O/c1-3-7-5-6-9(13)10(12-11)8(7)4-2/h3-6,11,13H,1-2H2. The highest BCUT2D eigenvalue weighted by Gasteiger charge is 2.07. The van der Waals surface area contributed by atoms with Crippen LogP contribution in [0.2, 0.25) is 0 Å². The Bertz CT molecular complexity index is 369. The highest BCUT2D eigenvalue weighted by atomic mass is 16.3. The van der Waals surface area contributed by atoms with Crippen LogP contribution in [0.15, 0.2) is 30.4 Å². The van der Waals surface area contributed by atoms with Crippen molar-refractivity contribution >= 4 is 17.8 Å². The van der Waals surface area contributed by atoms with Crippen LogP contribution in [-0.4, -0.2) is 5.11 Å². The Morgan fingerprint density at radius 1 is 1.31 bits per heavy atom. The van der Waals surface area contributed by atoms with Gasteiger partial charge in [-0.1, -0.05) is 31.4 Å². The molecule has 0 unspecified atom stereocenters. The normalized spacial score (nSPS) is 9.23. The van der Waals surface area contributed by atoms with Gasteiger partial charge >= 0.3 is 0 Å². The summed E-state index contributed by atoms with van der Waals surface area (Å²) in [6, 6.07) is 3.19. The molecule has 0 fully saturated rings. The fourth-order valence-electron chi connectivity index (χ4n) is 1.12. The summed E-state index contributed by atoms with van der Waals surface area (Å²) in [4.78, 5) is 0. The lowest BCUT2D eigenvalue weighted by atomic mass is 10.0. The first-order valence-electron chi connectivity index (χ1n) is 3.73. The van der Waals surface area contributed by atoms with Gasteiger partial charge in [0.25, 0.3) is 0 Å². The molecule has 3 heteroatoms. The summed E-state index contributed by atoms with van der Waals surface area (Å²) < 4.78 is 0. The second kappa shape index (κ2) is 3.67. The maximum absolute atomic E-state index is 9.35. The Hall–Kier alpha value is -1.90. The quantitative estimate of drug-likeness (QED) is 0.678. The van der Waals surface area contributed by atoms with Gasteiger partial charge in [-0.3, -0.25) is 0 Å². The molecule has 0 radical (unpaired) electrons. The Morgan fingerprint density at radius 2 is 2.00 bits per heavy atom. The Kier molecular flexibility index (Phi) is 2.59. The van der Waals surface area contributed by atoms with E-state index in [-0.39, 0.29) is 11.4 Å². The van der Waals surface area contributed by atoms with Crippen molar-refractivity contribution in [3.05, 3.63) is 36.4 Å². The lowest BCUT2D eigenvalue weighted by molar-refractivity contribution is 0.476. The van der Waals surface area contributed by atoms with Crippen molar-refractivity contribution in [1.29, 1.82) is 5.53 Å². The minimum Gasteiger partial charge on any atom is -0.506 e. The van der Waals surface area contributed by atoms with Gasteiger partial charge in [0.05, 0.1) is 0 Å². The number of benzene rings is 1. The van der Waals surface area contributed by atoms with Crippen LogP contribution in [0.4, 0.5) is 5.69 Å². The molecule has 13 heavy (non-hydrogen) atoms. The lowest BCUT2D eigenvalue weighted by Crippen LogP contribution is -1.81. The molecule has 0 aliphatic carbocycles. The van der Waals surface area contributed by atoms with Gasteiger partial charge in [-0.15, -0.1) is 0 Å². The summed E-state index contributed by atoms with van der Waals surface area (Å²) >= 11 is 0. The first-order valence-corrected chi connectivity index (χ1v) is 3.73. The van der Waals surface area contributed by atoms with Gasteiger partial charge in [-0.2, -0.15) is 5.11 Å². The maximum Gasteiger partial charge on any atom is 0.143 e. The van der Waals surface area contributed by atoms with Crippen LogP contribution in [0.3, 0.4) is 0 Å². The van der Waals surface area contributed by atoms with E-state index in [1.807, 2.05) is 0 Å². The number of aromatic hydroxyl groups is 1. The average Bonchev–Trinajstić information content (AvgIpc) is 2.17. The smallest absolute Gasteiger partial charge is 0.143 e. The third-order valence-electron chi connectivity index (χ3n) is 1.77. The average molecular weight is 174 g/mol. The molecule has 0 saturated carbocycles. The summed E-state index contributed by atoms with van der Waals surface area (Å²) in [7, 11) is 0. The molecule has 0 saturated heterocycles. The van der Waals surface area contributed by atoms with E-state index in [0.717, 1.165) is 5.56 Å². The zero-order chi connectivity index (χ0) is 9.84. The van der Waals surface area contributed by atoms with E-state index in [9.17, 15) is 5.11 Å². The molecule has 66 valence electrons. The molecule has 0 aliphatic rings. The van der Waals surface area contributed by atoms with Crippen molar-refractivity contribution in [2.75, 3.05) is 0 Å². The summed E-state index contributed by atoms with van der Waals surface area (Å²) in [5, 5.41) is 12.6. The molecule has 1 rings (SSSR count). The van der Waals surface area contributed by atoms with Crippen molar-refractivity contribution < 1.29 is 5.11 Å². The number of nitrogens with zero attached hydrogens (tertiary/aromatic N) is 1. The predicted molar refractivity (Wildman–Crippen MR) is 53.1 cm³/mol. The van der Waals surface area contributed by atoms with Crippen LogP contribution in [0.5, 0.6) is 5.75 Å². The van der Waals surface area contributed by atoms with Gasteiger partial charge in [0.15, 0.2) is 0 Å². The number of hydrogen-bond donors (Lipinski definition) is 2. The third kappa shape index (κ3) is 1.49. The van der Waals surface area contributed by atoms with E-state index >= 15 is 0 Å². The van der Waals surface area contributed by atoms with Gasteiger partial charge in [0, 0.05) is 5.56 Å². The number of phenolic OH excluding ortho intramolecular Hbond substituents is 1. The summed E-state index contributed by atoms with van der Waals surface area (Å²) in [6.07, 6.45) is 3.18. The van der Waals surface area contributed by atoms with Gasteiger partial charge in [0.1, 0.15) is 11.4 Å². The van der Waals surface area contributed by atoms with Crippen molar-refractivity contribution in [3.63, 3.8) is 0 Å². The molecule has 0 aliphatic heterocycles. The Morgan fingerprint density at radius 3 is 2.46 bits per heavy atom. The van der Waals surface area contributed by atoms with E-state index in [0.29, 0.717) is 5.56 Å². The van der Waals surface area contributed by atoms with E-state index in [2.05, 4.69) is 18.3 Å².